The van der Waals surface area contributed by atoms with Gasteiger partial charge < -0.3 is 21.2 Å². The molecule has 0 amide bonds. The fraction of sp³-hybridized carbons (Fsp3) is 0.545. The Kier molecular flexibility index (Phi) is 4.85. The number of aldehydes is 1. The number of carbonyl (C=O) groups is 1. The first-order valence-corrected chi connectivity index (χ1v) is 5.44. The molecule has 0 aliphatic carbocycles. The van der Waals surface area contributed by atoms with Crippen LogP contribution in [0.5, 0.6) is 0 Å². The monoisotopic (exact) mass is 224 g/mol. The van der Waals surface area contributed by atoms with Gasteiger partial charge in [-0.3, -0.25) is 4.90 Å². The average molecular weight is 224 g/mol. The maximum Gasteiger partial charge on any atom is 0.133 e. The molecule has 1 fully saturated rings. The van der Waals surface area contributed by atoms with E-state index in [1.54, 1.807) is 6.08 Å². The van der Waals surface area contributed by atoms with Crippen molar-refractivity contribution in [2.75, 3.05) is 32.7 Å². The molecule has 1 aliphatic rings. The Labute approximate surface area is 96.4 Å². The summed E-state index contributed by atoms with van der Waals surface area (Å²) in [6, 6.07) is 0. The summed E-state index contributed by atoms with van der Waals surface area (Å²) in [6.07, 6.45) is 4.56. The molecule has 0 aromatic rings. The molecule has 0 spiro atoms. The Morgan fingerprint density at radius 2 is 1.81 bits per heavy atom. The molecule has 1 aliphatic heterocycles. The van der Waals surface area contributed by atoms with Crippen molar-refractivity contribution >= 4 is 6.29 Å². The molecular weight excluding hydrogens is 204 g/mol. The van der Waals surface area contributed by atoms with Gasteiger partial charge in [-0.15, -0.1) is 0 Å². The third-order valence-electron chi connectivity index (χ3n) is 2.59. The van der Waals surface area contributed by atoms with Crippen molar-refractivity contribution in [3.8, 4) is 0 Å². The van der Waals surface area contributed by atoms with Gasteiger partial charge >= 0.3 is 0 Å². The lowest BCUT2D eigenvalue weighted by Gasteiger charge is -2.35. The van der Waals surface area contributed by atoms with E-state index in [2.05, 4.69) is 9.80 Å². The SMILES string of the molecule is C/C(N)=C/C=C(\N)N1CCN(CC=O)CC1. The number of nitrogens with two attached hydrogens (primary N) is 2. The van der Waals surface area contributed by atoms with Gasteiger partial charge in [0.2, 0.25) is 0 Å². The molecule has 4 N–H and O–H groups in total. The molecule has 1 rings (SSSR count). The number of nitrogens with zero attached hydrogens (tertiary/aromatic N) is 2. The second kappa shape index (κ2) is 6.17. The fourth-order valence-electron chi connectivity index (χ4n) is 1.62. The molecule has 16 heavy (non-hydrogen) atoms. The van der Waals surface area contributed by atoms with Gasteiger partial charge in [-0.25, -0.2) is 0 Å². The van der Waals surface area contributed by atoms with E-state index in [0.29, 0.717) is 6.54 Å². The minimum Gasteiger partial charge on any atom is -0.402 e. The Morgan fingerprint density at radius 1 is 1.19 bits per heavy atom. The molecule has 5 heteroatoms. The third kappa shape index (κ3) is 3.94. The highest BCUT2D eigenvalue weighted by Crippen LogP contribution is 2.05. The van der Waals surface area contributed by atoms with Crippen LogP contribution in [-0.2, 0) is 4.79 Å². The maximum absolute atomic E-state index is 10.4. The zero-order valence-corrected chi connectivity index (χ0v) is 9.72. The number of rotatable bonds is 4. The van der Waals surface area contributed by atoms with Crippen LogP contribution in [0.25, 0.3) is 0 Å². The quantitative estimate of drug-likeness (QED) is 0.496. The normalized spacial score (nSPS) is 19.9. The van der Waals surface area contributed by atoms with E-state index in [4.69, 9.17) is 11.5 Å². The molecule has 5 nitrogen and oxygen atoms in total. The van der Waals surface area contributed by atoms with Gasteiger partial charge in [0.1, 0.15) is 6.29 Å². The van der Waals surface area contributed by atoms with Gasteiger partial charge in [0, 0.05) is 31.9 Å². The van der Waals surface area contributed by atoms with Crippen LogP contribution in [-0.4, -0.2) is 48.8 Å². The number of carbonyl (C=O) groups excluding carboxylic acids is 1. The highest BCUT2D eigenvalue weighted by molar-refractivity contribution is 5.51. The van der Waals surface area contributed by atoms with Crippen LogP contribution in [0.1, 0.15) is 6.92 Å². The molecule has 0 aromatic carbocycles. The smallest absolute Gasteiger partial charge is 0.133 e. The van der Waals surface area contributed by atoms with E-state index in [9.17, 15) is 4.79 Å². The van der Waals surface area contributed by atoms with Crippen LogP contribution in [0.4, 0.5) is 0 Å². The van der Waals surface area contributed by atoms with Crippen LogP contribution in [0.3, 0.4) is 0 Å². The van der Waals surface area contributed by atoms with Crippen LogP contribution < -0.4 is 11.5 Å². The van der Waals surface area contributed by atoms with Gasteiger partial charge in [-0.05, 0) is 19.1 Å². The minimum atomic E-state index is 0.513. The lowest BCUT2D eigenvalue weighted by molar-refractivity contribution is -0.109. The van der Waals surface area contributed by atoms with Crippen LogP contribution in [0.15, 0.2) is 23.7 Å². The van der Waals surface area contributed by atoms with E-state index in [0.717, 1.165) is 44.0 Å². The number of allylic oxidation sites excluding steroid dienone is 3. The van der Waals surface area contributed by atoms with Crippen molar-refractivity contribution in [1.29, 1.82) is 0 Å². The Morgan fingerprint density at radius 3 is 2.31 bits per heavy atom. The predicted molar refractivity (Wildman–Crippen MR) is 64.3 cm³/mol. The number of hydrogen-bond acceptors (Lipinski definition) is 5. The Bertz CT molecular complexity index is 286. The molecule has 1 saturated heterocycles. The standard InChI is InChI=1S/C11H20N4O/c1-10(12)2-3-11(13)15-6-4-14(5-7-15)8-9-16/h2-3,9H,4-8,12-13H2,1H3/b10-2-,11-3+. The summed E-state index contributed by atoms with van der Waals surface area (Å²) in [7, 11) is 0. The van der Waals surface area contributed by atoms with Gasteiger partial charge in [0.05, 0.1) is 12.4 Å². The van der Waals surface area contributed by atoms with E-state index < -0.39 is 0 Å². The van der Waals surface area contributed by atoms with Gasteiger partial charge in [-0.2, -0.15) is 0 Å². The zero-order chi connectivity index (χ0) is 12.0. The van der Waals surface area contributed by atoms with E-state index >= 15 is 0 Å². The van der Waals surface area contributed by atoms with Crippen molar-refractivity contribution in [1.82, 2.24) is 9.80 Å². The topological polar surface area (TPSA) is 75.6 Å². The number of piperazine rings is 1. The van der Waals surface area contributed by atoms with Gasteiger partial charge in [-0.1, -0.05) is 0 Å². The van der Waals surface area contributed by atoms with Gasteiger partial charge in [0.15, 0.2) is 0 Å². The highest BCUT2D eigenvalue weighted by atomic mass is 16.1. The van der Waals surface area contributed by atoms with Crippen molar-refractivity contribution in [3.05, 3.63) is 23.7 Å². The van der Waals surface area contributed by atoms with Crippen molar-refractivity contribution in [2.45, 2.75) is 6.92 Å². The highest BCUT2D eigenvalue weighted by Gasteiger charge is 2.16. The summed E-state index contributed by atoms with van der Waals surface area (Å²) in [5, 5.41) is 0. The fourth-order valence-corrected chi connectivity index (χ4v) is 1.62. The molecule has 0 radical (unpaired) electrons. The van der Waals surface area contributed by atoms with E-state index in [-0.39, 0.29) is 0 Å². The first-order chi connectivity index (χ1) is 7.63. The van der Waals surface area contributed by atoms with E-state index in [1.807, 2.05) is 13.0 Å². The Hall–Kier alpha value is -1.49. The van der Waals surface area contributed by atoms with Crippen LogP contribution in [0.2, 0.25) is 0 Å². The lowest BCUT2D eigenvalue weighted by Crippen LogP contribution is -2.47. The molecular formula is C11H20N4O. The molecule has 0 atom stereocenters. The summed E-state index contributed by atoms with van der Waals surface area (Å²) in [4.78, 5) is 14.6. The molecule has 0 unspecified atom stereocenters. The lowest BCUT2D eigenvalue weighted by atomic mass is 10.3. The molecule has 90 valence electrons. The second-order valence-electron chi connectivity index (χ2n) is 3.96. The largest absolute Gasteiger partial charge is 0.402 e. The van der Waals surface area contributed by atoms with Gasteiger partial charge in [0.25, 0.3) is 0 Å². The molecule has 0 bridgehead atoms. The molecule has 0 aromatic heterocycles. The Balaban J connectivity index is 2.44. The average Bonchev–Trinajstić information content (AvgIpc) is 2.27. The van der Waals surface area contributed by atoms with E-state index in [1.165, 1.54) is 0 Å². The van der Waals surface area contributed by atoms with Crippen molar-refractivity contribution in [2.24, 2.45) is 11.5 Å². The minimum absolute atomic E-state index is 0.513. The summed E-state index contributed by atoms with van der Waals surface area (Å²) in [5.74, 6) is 0.732. The summed E-state index contributed by atoms with van der Waals surface area (Å²) in [5.41, 5.74) is 12.2. The summed E-state index contributed by atoms with van der Waals surface area (Å²) < 4.78 is 0. The van der Waals surface area contributed by atoms with Crippen molar-refractivity contribution in [3.63, 3.8) is 0 Å². The maximum atomic E-state index is 10.4. The van der Waals surface area contributed by atoms with Crippen LogP contribution >= 0.6 is 0 Å². The van der Waals surface area contributed by atoms with Crippen molar-refractivity contribution < 1.29 is 4.79 Å². The summed E-state index contributed by atoms with van der Waals surface area (Å²) >= 11 is 0. The third-order valence-corrected chi connectivity index (χ3v) is 2.59. The molecule has 1 heterocycles. The van der Waals surface area contributed by atoms with Crippen LogP contribution in [0, 0.1) is 0 Å². The summed E-state index contributed by atoms with van der Waals surface area (Å²) in [6.45, 7) is 5.80. The first kappa shape index (κ1) is 12.6. The number of hydrogen-bond donors (Lipinski definition) is 2. The zero-order valence-electron chi connectivity index (χ0n) is 9.72. The molecule has 0 saturated carbocycles. The second-order valence-corrected chi connectivity index (χ2v) is 3.96. The first-order valence-electron chi connectivity index (χ1n) is 5.44. The predicted octanol–water partition coefficient (Wildman–Crippen LogP) is -0.534.